The van der Waals surface area contributed by atoms with Crippen molar-refractivity contribution in [3.05, 3.63) is 35.9 Å². The molecule has 0 aliphatic heterocycles. The second-order valence-corrected chi connectivity index (χ2v) is 4.14. The predicted octanol–water partition coefficient (Wildman–Crippen LogP) is 0.419. The van der Waals surface area contributed by atoms with Gasteiger partial charge in [0.2, 0.25) is 11.8 Å². The molecule has 19 heavy (non-hydrogen) atoms. The first-order valence-electron chi connectivity index (χ1n) is 6.50. The number of amides is 2. The summed E-state index contributed by atoms with van der Waals surface area (Å²) >= 11 is 0. The van der Waals surface area contributed by atoms with Crippen molar-refractivity contribution in [3.8, 4) is 0 Å². The second-order valence-electron chi connectivity index (χ2n) is 4.14. The minimum atomic E-state index is -0.0697. The summed E-state index contributed by atoms with van der Waals surface area (Å²) in [4.78, 5) is 22.7. The summed E-state index contributed by atoms with van der Waals surface area (Å²) in [6.45, 7) is 3.77. The minimum absolute atomic E-state index is 0.000284. The summed E-state index contributed by atoms with van der Waals surface area (Å²) in [5.41, 5.74) is 1.07. The van der Waals surface area contributed by atoms with Gasteiger partial charge < -0.3 is 16.0 Å². The number of benzene rings is 1. The van der Waals surface area contributed by atoms with E-state index in [2.05, 4.69) is 16.0 Å². The maximum absolute atomic E-state index is 11.5. The van der Waals surface area contributed by atoms with Gasteiger partial charge in [-0.15, -0.1) is 0 Å². The average molecular weight is 263 g/mol. The van der Waals surface area contributed by atoms with Crippen molar-refractivity contribution >= 4 is 11.8 Å². The van der Waals surface area contributed by atoms with Crippen molar-refractivity contribution in [1.29, 1.82) is 0 Å². The first-order valence-corrected chi connectivity index (χ1v) is 6.50. The highest BCUT2D eigenvalue weighted by atomic mass is 16.2. The van der Waals surface area contributed by atoms with E-state index < -0.39 is 0 Å². The molecule has 5 heteroatoms. The molecule has 0 unspecified atom stereocenters. The number of rotatable bonds is 8. The maximum atomic E-state index is 11.5. The lowest BCUT2D eigenvalue weighted by Gasteiger charge is -2.07. The molecule has 0 saturated heterocycles. The van der Waals surface area contributed by atoms with Crippen molar-refractivity contribution in [1.82, 2.24) is 16.0 Å². The number of nitrogens with one attached hydrogen (secondary N) is 3. The van der Waals surface area contributed by atoms with Crippen LogP contribution in [0.4, 0.5) is 0 Å². The molecular formula is C14H21N3O2. The zero-order chi connectivity index (χ0) is 13.9. The summed E-state index contributed by atoms with van der Waals surface area (Å²) in [6, 6.07) is 9.73. The van der Waals surface area contributed by atoms with Crippen LogP contribution in [0, 0.1) is 0 Å². The van der Waals surface area contributed by atoms with Crippen molar-refractivity contribution < 1.29 is 9.59 Å². The van der Waals surface area contributed by atoms with Crippen LogP contribution in [-0.2, 0) is 16.1 Å². The van der Waals surface area contributed by atoms with Gasteiger partial charge in [-0.2, -0.15) is 0 Å². The fraction of sp³-hybridized carbons (Fsp3) is 0.429. The van der Waals surface area contributed by atoms with Crippen molar-refractivity contribution in [2.75, 3.05) is 19.6 Å². The number of carbonyl (C=O) groups is 2. The summed E-state index contributed by atoms with van der Waals surface area (Å²) in [6.07, 6.45) is 0.389. The van der Waals surface area contributed by atoms with Crippen molar-refractivity contribution in [2.24, 2.45) is 0 Å². The fourth-order valence-electron chi connectivity index (χ4n) is 1.55. The zero-order valence-electron chi connectivity index (χ0n) is 11.2. The molecule has 0 fully saturated rings. The van der Waals surface area contributed by atoms with E-state index in [1.165, 1.54) is 0 Å². The standard InChI is InChI=1S/C14H21N3O2/c1-2-16-13(18)8-9-15-11-14(19)17-10-12-6-4-3-5-7-12/h3-7,15H,2,8-11H2,1H3,(H,16,18)(H,17,19). The van der Waals surface area contributed by atoms with Crippen LogP contribution in [0.2, 0.25) is 0 Å². The van der Waals surface area contributed by atoms with Gasteiger partial charge in [0.15, 0.2) is 0 Å². The number of carbonyl (C=O) groups excluding carboxylic acids is 2. The van der Waals surface area contributed by atoms with Gasteiger partial charge in [0.1, 0.15) is 0 Å². The van der Waals surface area contributed by atoms with E-state index in [4.69, 9.17) is 0 Å². The van der Waals surface area contributed by atoms with E-state index in [0.29, 0.717) is 26.1 Å². The van der Waals surface area contributed by atoms with Crippen molar-refractivity contribution in [3.63, 3.8) is 0 Å². The summed E-state index contributed by atoms with van der Waals surface area (Å²) in [7, 11) is 0. The SMILES string of the molecule is CCNC(=O)CCNCC(=O)NCc1ccccc1. The van der Waals surface area contributed by atoms with E-state index >= 15 is 0 Å². The molecule has 0 radical (unpaired) electrons. The Kier molecular flexibility index (Phi) is 7.27. The Labute approximate surface area is 113 Å². The lowest BCUT2D eigenvalue weighted by atomic mass is 10.2. The molecule has 3 N–H and O–H groups in total. The molecule has 1 aromatic rings. The molecule has 0 aromatic heterocycles. The highest BCUT2D eigenvalue weighted by Gasteiger charge is 2.02. The van der Waals surface area contributed by atoms with Gasteiger partial charge in [-0.25, -0.2) is 0 Å². The van der Waals surface area contributed by atoms with Crippen LogP contribution in [-0.4, -0.2) is 31.4 Å². The van der Waals surface area contributed by atoms with Gasteiger partial charge in [0.05, 0.1) is 6.54 Å². The molecule has 2 amide bonds. The van der Waals surface area contributed by atoms with Crippen LogP contribution in [0.1, 0.15) is 18.9 Å². The minimum Gasteiger partial charge on any atom is -0.356 e. The second kappa shape index (κ2) is 9.10. The van der Waals surface area contributed by atoms with E-state index in [9.17, 15) is 9.59 Å². The van der Waals surface area contributed by atoms with Crippen LogP contribution in [0.15, 0.2) is 30.3 Å². The van der Waals surface area contributed by atoms with Crippen LogP contribution >= 0.6 is 0 Å². The van der Waals surface area contributed by atoms with Gasteiger partial charge in [-0.1, -0.05) is 30.3 Å². The predicted molar refractivity (Wildman–Crippen MR) is 74.5 cm³/mol. The quantitative estimate of drug-likeness (QED) is 0.595. The molecular weight excluding hydrogens is 242 g/mol. The first kappa shape index (κ1) is 15.2. The molecule has 1 aromatic carbocycles. The van der Waals surface area contributed by atoms with Crippen molar-refractivity contribution in [2.45, 2.75) is 19.9 Å². The molecule has 5 nitrogen and oxygen atoms in total. The first-order chi connectivity index (χ1) is 9.22. The Bertz CT molecular complexity index is 393. The van der Waals surface area contributed by atoms with Crippen LogP contribution < -0.4 is 16.0 Å². The maximum Gasteiger partial charge on any atom is 0.234 e. The summed E-state index contributed by atoms with van der Waals surface area (Å²) in [5, 5.41) is 8.45. The van der Waals surface area contributed by atoms with E-state index in [1.54, 1.807) is 0 Å². The zero-order valence-corrected chi connectivity index (χ0v) is 11.2. The molecule has 0 aliphatic rings. The molecule has 0 heterocycles. The van der Waals surface area contributed by atoms with Gasteiger partial charge in [-0.05, 0) is 12.5 Å². The van der Waals surface area contributed by atoms with E-state index in [-0.39, 0.29) is 18.4 Å². The molecule has 0 aliphatic carbocycles. The largest absolute Gasteiger partial charge is 0.356 e. The van der Waals surface area contributed by atoms with Gasteiger partial charge in [0, 0.05) is 26.1 Å². The molecule has 0 bridgehead atoms. The van der Waals surface area contributed by atoms with Crippen LogP contribution in [0.3, 0.4) is 0 Å². The Morgan fingerprint density at radius 3 is 2.47 bits per heavy atom. The Morgan fingerprint density at radius 1 is 1.05 bits per heavy atom. The Morgan fingerprint density at radius 2 is 1.79 bits per heavy atom. The normalized spacial score (nSPS) is 9.95. The molecule has 1 rings (SSSR count). The number of hydrogen-bond acceptors (Lipinski definition) is 3. The van der Waals surface area contributed by atoms with Gasteiger partial charge >= 0.3 is 0 Å². The number of hydrogen-bond donors (Lipinski definition) is 3. The van der Waals surface area contributed by atoms with Gasteiger partial charge in [0.25, 0.3) is 0 Å². The Balaban J connectivity index is 2.07. The van der Waals surface area contributed by atoms with E-state index in [1.807, 2.05) is 37.3 Å². The highest BCUT2D eigenvalue weighted by molar-refractivity contribution is 5.78. The van der Waals surface area contributed by atoms with Crippen LogP contribution in [0.5, 0.6) is 0 Å². The smallest absolute Gasteiger partial charge is 0.234 e. The third-order valence-corrected chi connectivity index (χ3v) is 2.52. The Hall–Kier alpha value is -1.88. The molecule has 0 atom stereocenters. The van der Waals surface area contributed by atoms with Gasteiger partial charge in [-0.3, -0.25) is 9.59 Å². The fourth-order valence-corrected chi connectivity index (χ4v) is 1.55. The molecule has 0 spiro atoms. The molecule has 0 saturated carbocycles. The molecule has 104 valence electrons. The van der Waals surface area contributed by atoms with Crippen LogP contribution in [0.25, 0.3) is 0 Å². The summed E-state index contributed by atoms with van der Waals surface area (Å²) < 4.78 is 0. The summed E-state index contributed by atoms with van der Waals surface area (Å²) in [5.74, 6) is -0.0700. The lowest BCUT2D eigenvalue weighted by Crippen LogP contribution is -2.35. The monoisotopic (exact) mass is 263 g/mol. The third kappa shape index (κ3) is 7.21. The average Bonchev–Trinajstić information content (AvgIpc) is 2.43. The topological polar surface area (TPSA) is 70.2 Å². The lowest BCUT2D eigenvalue weighted by molar-refractivity contribution is -0.122. The highest BCUT2D eigenvalue weighted by Crippen LogP contribution is 1.96. The van der Waals surface area contributed by atoms with E-state index in [0.717, 1.165) is 5.56 Å². The third-order valence-electron chi connectivity index (χ3n) is 2.52.